The molecule has 0 bridgehead atoms. The third kappa shape index (κ3) is 9.40. The smallest absolute Gasteiger partial charge is 0.264 e. The van der Waals surface area contributed by atoms with Crippen LogP contribution >= 0.6 is 0 Å². The van der Waals surface area contributed by atoms with Crippen molar-refractivity contribution in [2.45, 2.75) is 25.3 Å². The Balaban J connectivity index is 1.00. The number of imide groups is 2. The van der Waals surface area contributed by atoms with Gasteiger partial charge in [0.2, 0.25) is 23.6 Å². The molecule has 1 saturated heterocycles. The first-order chi connectivity index (χ1) is 22.3. The number of hydrogen-bond donors (Lipinski definition) is 4. The maximum Gasteiger partial charge on any atom is 0.264 e. The van der Waals surface area contributed by atoms with E-state index >= 15 is 0 Å². The quantitative estimate of drug-likeness (QED) is 0.124. The molecule has 0 aromatic heterocycles. The normalized spacial score (nSPS) is 15.9. The highest BCUT2D eigenvalue weighted by Gasteiger charge is 2.45. The maximum absolute atomic E-state index is 13.1. The largest absolute Gasteiger partial charge is 0.382 e. The monoisotopic (exact) mass is 639 g/mol. The number of fused-ring (bicyclic) bond motifs is 1. The lowest BCUT2D eigenvalue weighted by Gasteiger charge is -2.27. The van der Waals surface area contributed by atoms with Crippen molar-refractivity contribution in [1.82, 2.24) is 10.2 Å². The number of piperidine rings is 1. The molecule has 0 aliphatic carbocycles. The van der Waals surface area contributed by atoms with E-state index in [4.69, 9.17) is 24.7 Å². The molecule has 2 aromatic rings. The Hall–Kier alpha value is -4.70. The van der Waals surface area contributed by atoms with Gasteiger partial charge in [0, 0.05) is 29.9 Å². The zero-order chi connectivity index (χ0) is 32.9. The maximum atomic E-state index is 13.1. The lowest BCUT2D eigenvalue weighted by Crippen LogP contribution is -2.54. The van der Waals surface area contributed by atoms with Crippen LogP contribution in [0.15, 0.2) is 42.5 Å². The van der Waals surface area contributed by atoms with Gasteiger partial charge in [0.1, 0.15) is 6.04 Å². The number of rotatable bonds is 19. The first kappa shape index (κ1) is 34.2. The molecule has 0 saturated carbocycles. The van der Waals surface area contributed by atoms with E-state index in [0.29, 0.717) is 69.7 Å². The first-order valence-electron chi connectivity index (χ1n) is 14.9. The second-order valence-electron chi connectivity index (χ2n) is 10.3. The van der Waals surface area contributed by atoms with Gasteiger partial charge in [0.15, 0.2) is 0 Å². The van der Waals surface area contributed by atoms with Crippen LogP contribution in [0.5, 0.6) is 0 Å². The zero-order valence-electron chi connectivity index (χ0n) is 25.2. The average Bonchev–Trinajstić information content (AvgIpc) is 3.28. The Labute approximate surface area is 265 Å². The number of nitrogens with one attached hydrogen (secondary N) is 3. The highest BCUT2D eigenvalue weighted by Crippen LogP contribution is 2.32. The van der Waals surface area contributed by atoms with Gasteiger partial charge in [-0.3, -0.25) is 39.0 Å². The Morgan fingerprint density at radius 2 is 1.50 bits per heavy atom. The second-order valence-corrected chi connectivity index (χ2v) is 10.3. The van der Waals surface area contributed by atoms with Crippen LogP contribution in [0.4, 0.5) is 11.4 Å². The van der Waals surface area contributed by atoms with Crippen LogP contribution in [-0.2, 0) is 33.3 Å². The van der Waals surface area contributed by atoms with Crippen LogP contribution in [0, 0.1) is 0 Å². The van der Waals surface area contributed by atoms with Crippen molar-refractivity contribution in [3.8, 4) is 0 Å². The fourth-order valence-corrected chi connectivity index (χ4v) is 4.82. The van der Waals surface area contributed by atoms with Gasteiger partial charge >= 0.3 is 0 Å². The van der Waals surface area contributed by atoms with Crippen molar-refractivity contribution in [2.24, 2.45) is 5.73 Å². The Kier molecular flexibility index (Phi) is 12.7. The van der Waals surface area contributed by atoms with Gasteiger partial charge < -0.3 is 35.3 Å². The predicted molar refractivity (Wildman–Crippen MR) is 163 cm³/mol. The van der Waals surface area contributed by atoms with Crippen LogP contribution < -0.4 is 21.7 Å². The summed E-state index contributed by atoms with van der Waals surface area (Å²) in [5.74, 6) is -3.03. The number of primary amides is 1. The van der Waals surface area contributed by atoms with Crippen molar-refractivity contribution in [2.75, 3.05) is 70.0 Å². The molecule has 6 amide bonds. The summed E-state index contributed by atoms with van der Waals surface area (Å²) in [7, 11) is 0. The number of ether oxygens (including phenoxy) is 4. The van der Waals surface area contributed by atoms with E-state index in [0.717, 1.165) is 4.90 Å². The SMILES string of the molecule is NC(=O)c1cccc(NC(=O)CCOCCOCCOCCOCCNc2cccc3c2C(=O)N(C2CCC(=O)NC2=O)C3=O)c1. The lowest BCUT2D eigenvalue weighted by atomic mass is 10.0. The molecule has 4 rings (SSSR count). The Morgan fingerprint density at radius 1 is 0.848 bits per heavy atom. The summed E-state index contributed by atoms with van der Waals surface area (Å²) in [4.78, 5) is 73.9. The van der Waals surface area contributed by atoms with E-state index in [2.05, 4.69) is 16.0 Å². The standard InChI is InChI=1S/C31H37N5O10/c32-28(39)20-3-1-4-21(19-20)34-26(38)9-11-43-13-15-45-17-18-46-16-14-44-12-10-33-23-6-2-5-22-27(23)31(42)36(30(22)41)24-7-8-25(37)35-29(24)40/h1-6,19,24,33H,7-18H2,(H2,32,39)(H,34,38)(H,35,37,40). The van der Waals surface area contributed by atoms with Crippen molar-refractivity contribution < 1.29 is 47.7 Å². The molecule has 2 aliphatic rings. The number of nitrogens with two attached hydrogens (primary N) is 1. The summed E-state index contributed by atoms with van der Waals surface area (Å²) in [5.41, 5.74) is 6.90. The molecule has 1 unspecified atom stereocenters. The summed E-state index contributed by atoms with van der Waals surface area (Å²) < 4.78 is 21.9. The van der Waals surface area contributed by atoms with Crippen molar-refractivity contribution in [3.63, 3.8) is 0 Å². The molecule has 2 heterocycles. The summed E-state index contributed by atoms with van der Waals surface area (Å²) in [6.45, 7) is 2.99. The summed E-state index contributed by atoms with van der Waals surface area (Å²) >= 11 is 0. The molecule has 2 aromatic carbocycles. The number of anilines is 2. The van der Waals surface area contributed by atoms with Gasteiger partial charge in [-0.05, 0) is 36.8 Å². The summed E-state index contributed by atoms with van der Waals surface area (Å²) in [6.07, 6.45) is 0.297. The molecule has 246 valence electrons. The number of nitrogens with zero attached hydrogens (tertiary/aromatic N) is 1. The van der Waals surface area contributed by atoms with Crippen molar-refractivity contribution in [3.05, 3.63) is 59.2 Å². The van der Waals surface area contributed by atoms with Gasteiger partial charge in [-0.2, -0.15) is 0 Å². The molecule has 1 fully saturated rings. The van der Waals surface area contributed by atoms with E-state index in [-0.39, 0.29) is 42.9 Å². The minimum absolute atomic E-state index is 0.0567. The Morgan fingerprint density at radius 3 is 2.17 bits per heavy atom. The average molecular weight is 640 g/mol. The van der Waals surface area contributed by atoms with Gasteiger partial charge in [0.25, 0.3) is 11.8 Å². The highest BCUT2D eigenvalue weighted by atomic mass is 16.6. The fourth-order valence-electron chi connectivity index (χ4n) is 4.82. The minimum Gasteiger partial charge on any atom is -0.382 e. The molecule has 15 heteroatoms. The highest BCUT2D eigenvalue weighted by molar-refractivity contribution is 6.25. The van der Waals surface area contributed by atoms with Gasteiger partial charge in [-0.15, -0.1) is 0 Å². The lowest BCUT2D eigenvalue weighted by molar-refractivity contribution is -0.136. The molecule has 15 nitrogen and oxygen atoms in total. The van der Waals surface area contributed by atoms with E-state index in [1.165, 1.54) is 12.1 Å². The molecule has 0 spiro atoms. The molecule has 1 atom stereocenters. The fraction of sp³-hybridized carbons (Fsp3) is 0.419. The molecule has 0 radical (unpaired) electrons. The van der Waals surface area contributed by atoms with Crippen molar-refractivity contribution >= 4 is 46.8 Å². The van der Waals surface area contributed by atoms with Crippen LogP contribution in [0.3, 0.4) is 0 Å². The van der Waals surface area contributed by atoms with Gasteiger partial charge in [-0.25, -0.2) is 0 Å². The summed E-state index contributed by atoms with van der Waals surface area (Å²) in [6, 6.07) is 10.2. The first-order valence-corrected chi connectivity index (χ1v) is 14.9. The molecule has 2 aliphatic heterocycles. The predicted octanol–water partition coefficient (Wildman–Crippen LogP) is 0.694. The third-order valence-corrected chi connectivity index (χ3v) is 7.05. The van der Waals surface area contributed by atoms with E-state index in [1.54, 1.807) is 30.3 Å². The Bertz CT molecular complexity index is 1450. The number of hydrogen-bond acceptors (Lipinski definition) is 11. The van der Waals surface area contributed by atoms with E-state index < -0.39 is 35.6 Å². The third-order valence-electron chi connectivity index (χ3n) is 7.05. The molecule has 46 heavy (non-hydrogen) atoms. The minimum atomic E-state index is -1.02. The van der Waals surface area contributed by atoms with Crippen LogP contribution in [0.2, 0.25) is 0 Å². The number of carbonyl (C=O) groups excluding carboxylic acids is 6. The van der Waals surface area contributed by atoms with Crippen LogP contribution in [0.1, 0.15) is 50.3 Å². The summed E-state index contributed by atoms with van der Waals surface area (Å²) in [5, 5.41) is 7.98. The number of carbonyl (C=O) groups is 6. The van der Waals surface area contributed by atoms with E-state index in [1.807, 2.05) is 0 Å². The topological polar surface area (TPSA) is 205 Å². The van der Waals surface area contributed by atoms with Crippen LogP contribution in [-0.4, -0.2) is 106 Å². The zero-order valence-corrected chi connectivity index (χ0v) is 25.2. The van der Waals surface area contributed by atoms with Gasteiger partial charge in [0.05, 0.1) is 70.4 Å². The molecule has 5 N–H and O–H groups in total. The molecular weight excluding hydrogens is 602 g/mol. The number of amides is 6. The second kappa shape index (κ2) is 17.1. The number of benzene rings is 2. The van der Waals surface area contributed by atoms with Crippen molar-refractivity contribution in [1.29, 1.82) is 0 Å². The van der Waals surface area contributed by atoms with Crippen LogP contribution in [0.25, 0.3) is 0 Å². The van der Waals surface area contributed by atoms with Gasteiger partial charge in [-0.1, -0.05) is 12.1 Å². The molecular formula is C31H37N5O10. The van der Waals surface area contributed by atoms with E-state index in [9.17, 15) is 28.8 Å².